The predicted molar refractivity (Wildman–Crippen MR) is 88.2 cm³/mol. The summed E-state index contributed by atoms with van der Waals surface area (Å²) in [6, 6.07) is 8.34. The molecule has 1 aromatic carbocycles. The van der Waals surface area contributed by atoms with E-state index >= 15 is 0 Å². The minimum atomic E-state index is 0.139. The van der Waals surface area contributed by atoms with Crippen LogP contribution < -0.4 is 4.74 Å². The van der Waals surface area contributed by atoms with E-state index in [2.05, 4.69) is 79.0 Å². The molecule has 1 unspecified atom stereocenters. The molecular weight excluding hydrogens is 444 g/mol. The summed E-state index contributed by atoms with van der Waals surface area (Å²) in [5.74, 6) is 0.905. The van der Waals surface area contributed by atoms with Gasteiger partial charge in [-0.25, -0.2) is 0 Å². The first-order valence-electron chi connectivity index (χ1n) is 5.26. The van der Waals surface area contributed by atoms with Crippen LogP contribution >= 0.6 is 59.1 Å². The zero-order chi connectivity index (χ0) is 13.3. The Morgan fingerprint density at radius 1 is 1.22 bits per heavy atom. The SMILES string of the molecule is COc1cc(C)c(Br)cc1C(Br)c1ccc(Br)s1. The van der Waals surface area contributed by atoms with Crippen molar-refractivity contribution in [2.24, 2.45) is 0 Å². The average molecular weight is 455 g/mol. The van der Waals surface area contributed by atoms with Crippen molar-refractivity contribution in [3.63, 3.8) is 0 Å². The molecule has 1 atom stereocenters. The molecule has 96 valence electrons. The number of thiophene rings is 1. The molecule has 0 saturated carbocycles. The molecule has 1 heterocycles. The second kappa shape index (κ2) is 6.07. The van der Waals surface area contributed by atoms with Crippen molar-refractivity contribution in [2.75, 3.05) is 7.11 Å². The number of alkyl halides is 1. The van der Waals surface area contributed by atoms with Gasteiger partial charge in [0, 0.05) is 14.9 Å². The van der Waals surface area contributed by atoms with Crippen LogP contribution in [0.15, 0.2) is 32.5 Å². The number of halogens is 3. The van der Waals surface area contributed by atoms with Crippen molar-refractivity contribution in [3.8, 4) is 5.75 Å². The van der Waals surface area contributed by atoms with Gasteiger partial charge in [0.15, 0.2) is 0 Å². The Morgan fingerprint density at radius 3 is 2.50 bits per heavy atom. The van der Waals surface area contributed by atoms with E-state index < -0.39 is 0 Å². The Hall–Kier alpha value is 0.160. The van der Waals surface area contributed by atoms with E-state index in [1.165, 1.54) is 10.4 Å². The van der Waals surface area contributed by atoms with Gasteiger partial charge in [0.05, 0.1) is 15.7 Å². The summed E-state index contributed by atoms with van der Waals surface area (Å²) in [4.78, 5) is 1.39. The summed E-state index contributed by atoms with van der Waals surface area (Å²) in [5, 5.41) is 0. The highest BCUT2D eigenvalue weighted by atomic mass is 79.9. The summed E-state index contributed by atoms with van der Waals surface area (Å²) in [5.41, 5.74) is 2.30. The van der Waals surface area contributed by atoms with Crippen LogP contribution in [0.5, 0.6) is 5.75 Å². The van der Waals surface area contributed by atoms with Crippen LogP contribution in [-0.2, 0) is 0 Å². The number of methoxy groups -OCH3 is 1. The van der Waals surface area contributed by atoms with Gasteiger partial charge in [-0.05, 0) is 52.7 Å². The number of rotatable bonds is 3. The van der Waals surface area contributed by atoms with E-state index in [0.29, 0.717) is 0 Å². The van der Waals surface area contributed by atoms with Crippen LogP contribution in [-0.4, -0.2) is 7.11 Å². The largest absolute Gasteiger partial charge is 0.496 e. The van der Waals surface area contributed by atoms with Crippen molar-refractivity contribution < 1.29 is 4.74 Å². The molecule has 0 saturated heterocycles. The molecule has 0 fully saturated rings. The molecule has 0 aliphatic rings. The fraction of sp³-hybridized carbons (Fsp3) is 0.231. The van der Waals surface area contributed by atoms with Crippen LogP contribution in [0.25, 0.3) is 0 Å². The van der Waals surface area contributed by atoms with E-state index in [9.17, 15) is 0 Å². The molecule has 0 N–H and O–H groups in total. The lowest BCUT2D eigenvalue weighted by molar-refractivity contribution is 0.410. The third-order valence-electron chi connectivity index (χ3n) is 2.63. The normalized spacial score (nSPS) is 12.5. The number of hydrogen-bond acceptors (Lipinski definition) is 2. The van der Waals surface area contributed by atoms with E-state index in [1.54, 1.807) is 18.4 Å². The third kappa shape index (κ3) is 3.00. The van der Waals surface area contributed by atoms with Gasteiger partial charge in [-0.3, -0.25) is 0 Å². The van der Waals surface area contributed by atoms with Gasteiger partial charge in [0.25, 0.3) is 0 Å². The highest BCUT2D eigenvalue weighted by molar-refractivity contribution is 9.11. The number of benzene rings is 1. The molecule has 0 aliphatic carbocycles. The van der Waals surface area contributed by atoms with Crippen LogP contribution in [0.2, 0.25) is 0 Å². The maximum Gasteiger partial charge on any atom is 0.123 e. The lowest BCUT2D eigenvalue weighted by Gasteiger charge is -2.15. The molecule has 0 spiro atoms. The molecule has 0 aliphatic heterocycles. The molecular formula is C13H11Br3OS. The molecule has 18 heavy (non-hydrogen) atoms. The highest BCUT2D eigenvalue weighted by Crippen LogP contribution is 2.42. The van der Waals surface area contributed by atoms with Crippen molar-refractivity contribution in [1.29, 1.82) is 0 Å². The van der Waals surface area contributed by atoms with Crippen molar-refractivity contribution in [3.05, 3.63) is 48.5 Å². The molecule has 2 aromatic rings. The summed E-state index contributed by atoms with van der Waals surface area (Å²) in [6.45, 7) is 2.06. The first-order valence-corrected chi connectivity index (χ1v) is 8.58. The van der Waals surface area contributed by atoms with Crippen molar-refractivity contribution in [1.82, 2.24) is 0 Å². The van der Waals surface area contributed by atoms with Crippen LogP contribution in [0, 0.1) is 6.92 Å². The number of hydrogen-bond donors (Lipinski definition) is 0. The summed E-state index contributed by atoms with van der Waals surface area (Å²) >= 11 is 12.5. The second-order valence-electron chi connectivity index (χ2n) is 3.85. The topological polar surface area (TPSA) is 9.23 Å². The Balaban J connectivity index is 2.46. The molecule has 0 amide bonds. The maximum atomic E-state index is 5.47. The van der Waals surface area contributed by atoms with Crippen molar-refractivity contribution in [2.45, 2.75) is 11.8 Å². The Kier molecular flexibility index (Phi) is 4.92. The van der Waals surface area contributed by atoms with Crippen LogP contribution in [0.1, 0.15) is 20.8 Å². The molecule has 2 rings (SSSR count). The Bertz CT molecular complexity index is 565. The smallest absolute Gasteiger partial charge is 0.123 e. The van der Waals surface area contributed by atoms with Gasteiger partial charge < -0.3 is 4.74 Å². The monoisotopic (exact) mass is 452 g/mol. The standard InChI is InChI=1S/C13H11Br3OS/c1-7-5-10(17-2)8(6-9(7)14)13(16)11-3-4-12(15)18-11/h3-6,13H,1-2H3. The summed E-state index contributed by atoms with van der Waals surface area (Å²) < 4.78 is 7.70. The fourth-order valence-electron chi connectivity index (χ4n) is 1.66. The van der Waals surface area contributed by atoms with Crippen molar-refractivity contribution >= 4 is 59.1 Å². The van der Waals surface area contributed by atoms with Crippen LogP contribution in [0.4, 0.5) is 0 Å². The molecule has 5 heteroatoms. The average Bonchev–Trinajstić information content (AvgIpc) is 2.78. The number of aryl methyl sites for hydroxylation is 1. The summed E-state index contributed by atoms with van der Waals surface area (Å²) in [6.07, 6.45) is 0. The van der Waals surface area contributed by atoms with Gasteiger partial charge in [-0.2, -0.15) is 0 Å². The van der Waals surface area contributed by atoms with E-state index in [0.717, 1.165) is 19.6 Å². The van der Waals surface area contributed by atoms with E-state index in [4.69, 9.17) is 4.74 Å². The lowest BCUT2D eigenvalue weighted by Crippen LogP contribution is -1.96. The van der Waals surface area contributed by atoms with Gasteiger partial charge >= 0.3 is 0 Å². The Morgan fingerprint density at radius 2 is 1.94 bits per heavy atom. The first-order chi connectivity index (χ1) is 8.52. The maximum absolute atomic E-state index is 5.47. The zero-order valence-electron chi connectivity index (χ0n) is 9.84. The molecule has 1 aromatic heterocycles. The van der Waals surface area contributed by atoms with E-state index in [-0.39, 0.29) is 4.83 Å². The molecule has 0 radical (unpaired) electrons. The minimum Gasteiger partial charge on any atom is -0.496 e. The van der Waals surface area contributed by atoms with E-state index in [1.807, 2.05) is 0 Å². The molecule has 0 bridgehead atoms. The number of ether oxygens (including phenoxy) is 1. The Labute approximate surface area is 136 Å². The lowest BCUT2D eigenvalue weighted by atomic mass is 10.1. The highest BCUT2D eigenvalue weighted by Gasteiger charge is 2.18. The van der Waals surface area contributed by atoms with Crippen LogP contribution in [0.3, 0.4) is 0 Å². The fourth-order valence-corrected chi connectivity index (χ4v) is 4.24. The first kappa shape index (κ1) is 14.6. The minimum absolute atomic E-state index is 0.139. The van der Waals surface area contributed by atoms with Gasteiger partial charge in [0.1, 0.15) is 5.75 Å². The quantitative estimate of drug-likeness (QED) is 0.511. The zero-order valence-corrected chi connectivity index (χ0v) is 15.4. The second-order valence-corrected chi connectivity index (χ2v) is 8.11. The van der Waals surface area contributed by atoms with Gasteiger partial charge in [-0.15, -0.1) is 11.3 Å². The summed E-state index contributed by atoms with van der Waals surface area (Å²) in [7, 11) is 1.70. The van der Waals surface area contributed by atoms with Gasteiger partial charge in [-0.1, -0.05) is 31.9 Å². The third-order valence-corrected chi connectivity index (χ3v) is 6.46. The molecule has 1 nitrogen and oxygen atoms in total. The predicted octanol–water partition coefficient (Wildman–Crippen LogP) is 6.07. The van der Waals surface area contributed by atoms with Gasteiger partial charge in [0.2, 0.25) is 0 Å².